The molecule has 1 fully saturated rings. The Morgan fingerprint density at radius 1 is 1.39 bits per heavy atom. The highest BCUT2D eigenvalue weighted by Gasteiger charge is 2.12. The lowest BCUT2D eigenvalue weighted by Crippen LogP contribution is -2.30. The number of aryl methyl sites for hydroxylation is 2. The normalized spacial score (nSPS) is 19.8. The van der Waals surface area contributed by atoms with Gasteiger partial charge in [0.15, 0.2) is 0 Å². The maximum atomic E-state index is 3.65. The topological polar surface area (TPSA) is 24.1 Å². The molecule has 18 heavy (non-hydrogen) atoms. The maximum absolute atomic E-state index is 3.65. The van der Waals surface area contributed by atoms with Crippen LogP contribution in [-0.4, -0.2) is 19.6 Å². The van der Waals surface area contributed by atoms with Crippen molar-refractivity contribution in [3.63, 3.8) is 0 Å². The highest BCUT2D eigenvalue weighted by atomic mass is 14.9. The van der Waals surface area contributed by atoms with E-state index < -0.39 is 0 Å². The van der Waals surface area contributed by atoms with Crippen molar-refractivity contribution in [2.45, 2.75) is 39.5 Å². The van der Waals surface area contributed by atoms with Gasteiger partial charge >= 0.3 is 0 Å². The highest BCUT2D eigenvalue weighted by Crippen LogP contribution is 2.22. The van der Waals surface area contributed by atoms with Gasteiger partial charge < -0.3 is 10.6 Å². The van der Waals surface area contributed by atoms with Crippen LogP contribution in [0, 0.1) is 12.8 Å². The predicted octanol–water partition coefficient (Wildman–Crippen LogP) is 3.36. The molecule has 2 nitrogen and oxygen atoms in total. The monoisotopic (exact) mass is 246 g/mol. The molecule has 0 spiro atoms. The van der Waals surface area contributed by atoms with Crippen LogP contribution in [0.5, 0.6) is 0 Å². The first-order valence-corrected chi connectivity index (χ1v) is 7.34. The zero-order valence-corrected chi connectivity index (χ0v) is 11.8. The van der Waals surface area contributed by atoms with Crippen LogP contribution in [0.15, 0.2) is 18.2 Å². The Labute approximate surface area is 111 Å². The van der Waals surface area contributed by atoms with Crippen molar-refractivity contribution < 1.29 is 0 Å². The van der Waals surface area contributed by atoms with Gasteiger partial charge in [-0.1, -0.05) is 25.1 Å². The summed E-state index contributed by atoms with van der Waals surface area (Å²) in [5.74, 6) is 0.861. The van der Waals surface area contributed by atoms with Crippen LogP contribution in [0.4, 0.5) is 5.69 Å². The standard InChI is InChI=1S/C16H26N2/c1-3-15-8-4-6-13(2)16(15)18-11-9-14-7-5-10-17-12-14/h4,6,8,14,17-18H,3,5,7,9-12H2,1-2H3. The summed E-state index contributed by atoms with van der Waals surface area (Å²) in [6.07, 6.45) is 5.12. The summed E-state index contributed by atoms with van der Waals surface area (Å²) in [5, 5.41) is 7.14. The first kappa shape index (κ1) is 13.4. The summed E-state index contributed by atoms with van der Waals surface area (Å²) < 4.78 is 0. The Kier molecular flexibility index (Phi) is 5.06. The number of anilines is 1. The van der Waals surface area contributed by atoms with Crippen LogP contribution >= 0.6 is 0 Å². The predicted molar refractivity (Wildman–Crippen MR) is 79.3 cm³/mol. The van der Waals surface area contributed by atoms with Crippen molar-refractivity contribution in [3.05, 3.63) is 29.3 Å². The number of nitrogens with one attached hydrogen (secondary N) is 2. The molecule has 0 radical (unpaired) electrons. The van der Waals surface area contributed by atoms with Gasteiger partial charge in [-0.3, -0.25) is 0 Å². The van der Waals surface area contributed by atoms with Gasteiger partial charge in [0.05, 0.1) is 0 Å². The van der Waals surface area contributed by atoms with E-state index in [1.54, 1.807) is 0 Å². The molecule has 1 aromatic carbocycles. The molecule has 2 heteroatoms. The minimum atomic E-state index is 0.861. The van der Waals surface area contributed by atoms with E-state index >= 15 is 0 Å². The Bertz CT molecular complexity index is 367. The van der Waals surface area contributed by atoms with Gasteiger partial charge in [0, 0.05) is 12.2 Å². The van der Waals surface area contributed by atoms with E-state index in [2.05, 4.69) is 42.7 Å². The third-order valence-corrected chi connectivity index (χ3v) is 3.99. The molecule has 0 saturated carbocycles. The summed E-state index contributed by atoms with van der Waals surface area (Å²) in [4.78, 5) is 0. The minimum Gasteiger partial charge on any atom is -0.385 e. The molecule has 0 aliphatic carbocycles. The van der Waals surface area contributed by atoms with Crippen molar-refractivity contribution in [1.82, 2.24) is 5.32 Å². The second kappa shape index (κ2) is 6.79. The first-order valence-electron chi connectivity index (χ1n) is 7.34. The van der Waals surface area contributed by atoms with Crippen LogP contribution in [-0.2, 0) is 6.42 Å². The fourth-order valence-electron chi connectivity index (χ4n) is 2.85. The molecule has 1 heterocycles. The molecule has 100 valence electrons. The van der Waals surface area contributed by atoms with E-state index in [0.29, 0.717) is 0 Å². The van der Waals surface area contributed by atoms with E-state index in [-0.39, 0.29) is 0 Å². The summed E-state index contributed by atoms with van der Waals surface area (Å²) in [6.45, 7) is 7.94. The van der Waals surface area contributed by atoms with Gasteiger partial charge in [0.2, 0.25) is 0 Å². The Morgan fingerprint density at radius 2 is 2.28 bits per heavy atom. The molecule has 1 atom stereocenters. The number of para-hydroxylation sites is 1. The fraction of sp³-hybridized carbons (Fsp3) is 0.625. The van der Waals surface area contributed by atoms with Gasteiger partial charge in [0.1, 0.15) is 0 Å². The van der Waals surface area contributed by atoms with Crippen molar-refractivity contribution in [2.24, 2.45) is 5.92 Å². The fourth-order valence-corrected chi connectivity index (χ4v) is 2.85. The second-order valence-electron chi connectivity index (χ2n) is 5.39. The lowest BCUT2D eigenvalue weighted by molar-refractivity contribution is 0.364. The third-order valence-electron chi connectivity index (χ3n) is 3.99. The van der Waals surface area contributed by atoms with Crippen molar-refractivity contribution in [2.75, 3.05) is 25.0 Å². The van der Waals surface area contributed by atoms with Crippen LogP contribution in [0.2, 0.25) is 0 Å². The largest absolute Gasteiger partial charge is 0.385 e. The van der Waals surface area contributed by atoms with E-state index in [4.69, 9.17) is 0 Å². The zero-order valence-electron chi connectivity index (χ0n) is 11.8. The number of hydrogen-bond donors (Lipinski definition) is 2. The number of hydrogen-bond acceptors (Lipinski definition) is 2. The molecular weight excluding hydrogens is 220 g/mol. The van der Waals surface area contributed by atoms with Gasteiger partial charge in [-0.15, -0.1) is 0 Å². The first-order chi connectivity index (χ1) is 8.81. The Balaban J connectivity index is 1.85. The van der Waals surface area contributed by atoms with Crippen molar-refractivity contribution >= 4 is 5.69 Å². The molecular formula is C16H26N2. The minimum absolute atomic E-state index is 0.861. The van der Waals surface area contributed by atoms with E-state index in [9.17, 15) is 0 Å². The second-order valence-corrected chi connectivity index (χ2v) is 5.39. The molecule has 1 saturated heterocycles. The third kappa shape index (κ3) is 3.49. The molecule has 0 amide bonds. The summed E-state index contributed by atoms with van der Waals surface area (Å²) >= 11 is 0. The smallest absolute Gasteiger partial charge is 0.0402 e. The molecule has 0 bridgehead atoms. The van der Waals surface area contributed by atoms with Crippen LogP contribution in [0.1, 0.15) is 37.3 Å². The van der Waals surface area contributed by atoms with Gasteiger partial charge in [-0.25, -0.2) is 0 Å². The summed E-state index contributed by atoms with van der Waals surface area (Å²) in [5.41, 5.74) is 4.18. The number of benzene rings is 1. The molecule has 1 aliphatic rings. The maximum Gasteiger partial charge on any atom is 0.0402 e. The molecule has 1 aromatic rings. The van der Waals surface area contributed by atoms with Gasteiger partial charge in [-0.2, -0.15) is 0 Å². The summed E-state index contributed by atoms with van der Waals surface area (Å²) in [7, 11) is 0. The average molecular weight is 246 g/mol. The Morgan fingerprint density at radius 3 is 3.00 bits per heavy atom. The molecule has 1 aliphatic heterocycles. The van der Waals surface area contributed by atoms with Crippen molar-refractivity contribution in [3.8, 4) is 0 Å². The Hall–Kier alpha value is -1.02. The highest BCUT2D eigenvalue weighted by molar-refractivity contribution is 5.57. The number of rotatable bonds is 5. The molecule has 2 N–H and O–H groups in total. The lowest BCUT2D eigenvalue weighted by Gasteiger charge is -2.23. The quantitative estimate of drug-likeness (QED) is 0.832. The van der Waals surface area contributed by atoms with E-state index in [1.807, 2.05) is 0 Å². The van der Waals surface area contributed by atoms with Crippen LogP contribution < -0.4 is 10.6 Å². The van der Waals surface area contributed by atoms with Crippen molar-refractivity contribution in [1.29, 1.82) is 0 Å². The number of piperidine rings is 1. The SMILES string of the molecule is CCc1cccc(C)c1NCCC1CCCNC1. The van der Waals surface area contributed by atoms with Gasteiger partial charge in [0.25, 0.3) is 0 Å². The zero-order chi connectivity index (χ0) is 12.8. The molecule has 1 unspecified atom stereocenters. The molecule has 0 aromatic heterocycles. The van der Waals surface area contributed by atoms with Crippen LogP contribution in [0.25, 0.3) is 0 Å². The lowest BCUT2D eigenvalue weighted by atomic mass is 9.96. The van der Waals surface area contributed by atoms with Gasteiger partial charge in [-0.05, 0) is 62.7 Å². The summed E-state index contributed by atoms with van der Waals surface area (Å²) in [6, 6.07) is 6.59. The van der Waals surface area contributed by atoms with E-state index in [0.717, 1.165) is 18.9 Å². The van der Waals surface area contributed by atoms with E-state index in [1.165, 1.54) is 49.2 Å². The average Bonchev–Trinajstić information content (AvgIpc) is 2.41. The van der Waals surface area contributed by atoms with Crippen LogP contribution in [0.3, 0.4) is 0 Å². The molecule has 2 rings (SSSR count).